The SMILES string of the molecule is CC(CNC1CCOCC1)N1CCOCC1. The number of rotatable bonds is 4. The highest BCUT2D eigenvalue weighted by atomic mass is 16.5. The van der Waals surface area contributed by atoms with Crippen LogP contribution in [0.1, 0.15) is 19.8 Å². The van der Waals surface area contributed by atoms with E-state index in [0.717, 1.165) is 58.9 Å². The van der Waals surface area contributed by atoms with E-state index < -0.39 is 0 Å². The quantitative estimate of drug-likeness (QED) is 0.758. The Balaban J connectivity index is 1.63. The molecule has 0 bridgehead atoms. The van der Waals surface area contributed by atoms with Crippen LogP contribution in [0, 0.1) is 0 Å². The number of ether oxygens (including phenoxy) is 2. The van der Waals surface area contributed by atoms with Crippen molar-refractivity contribution in [2.75, 3.05) is 46.1 Å². The molecule has 2 aliphatic rings. The van der Waals surface area contributed by atoms with E-state index in [1.807, 2.05) is 0 Å². The van der Waals surface area contributed by atoms with Gasteiger partial charge in [0.25, 0.3) is 0 Å². The molecule has 16 heavy (non-hydrogen) atoms. The van der Waals surface area contributed by atoms with Gasteiger partial charge < -0.3 is 14.8 Å². The zero-order valence-electron chi connectivity index (χ0n) is 10.3. The molecule has 2 heterocycles. The van der Waals surface area contributed by atoms with Gasteiger partial charge in [0.05, 0.1) is 13.2 Å². The lowest BCUT2D eigenvalue weighted by atomic mass is 10.1. The minimum atomic E-state index is 0.617. The molecule has 0 saturated carbocycles. The van der Waals surface area contributed by atoms with Crippen LogP contribution in [0.2, 0.25) is 0 Å². The maximum absolute atomic E-state index is 5.37. The lowest BCUT2D eigenvalue weighted by Crippen LogP contribution is -2.48. The molecule has 0 spiro atoms. The molecule has 2 saturated heterocycles. The molecule has 0 aromatic rings. The van der Waals surface area contributed by atoms with Crippen molar-refractivity contribution in [2.45, 2.75) is 31.8 Å². The fourth-order valence-electron chi connectivity index (χ4n) is 2.39. The van der Waals surface area contributed by atoms with Crippen molar-refractivity contribution in [3.8, 4) is 0 Å². The normalized spacial score (nSPS) is 26.8. The van der Waals surface area contributed by atoms with E-state index in [9.17, 15) is 0 Å². The van der Waals surface area contributed by atoms with E-state index in [4.69, 9.17) is 9.47 Å². The molecular formula is C12H24N2O2. The molecule has 0 amide bonds. The van der Waals surface area contributed by atoms with Gasteiger partial charge in [0, 0.05) is 44.9 Å². The fraction of sp³-hybridized carbons (Fsp3) is 1.00. The molecular weight excluding hydrogens is 204 g/mol. The summed E-state index contributed by atoms with van der Waals surface area (Å²) < 4.78 is 10.7. The van der Waals surface area contributed by atoms with E-state index >= 15 is 0 Å². The highest BCUT2D eigenvalue weighted by Crippen LogP contribution is 2.07. The minimum Gasteiger partial charge on any atom is -0.381 e. The molecule has 2 aliphatic heterocycles. The Morgan fingerprint density at radius 2 is 1.75 bits per heavy atom. The van der Waals surface area contributed by atoms with Gasteiger partial charge in [-0.2, -0.15) is 0 Å². The first-order chi connectivity index (χ1) is 7.86. The number of nitrogens with zero attached hydrogens (tertiary/aromatic N) is 1. The summed E-state index contributed by atoms with van der Waals surface area (Å²) in [6.45, 7) is 9.17. The van der Waals surface area contributed by atoms with E-state index in [2.05, 4.69) is 17.1 Å². The standard InChI is InChI=1S/C12H24N2O2/c1-11(14-4-8-16-9-5-14)10-13-12-2-6-15-7-3-12/h11-13H,2-10H2,1H3. The predicted octanol–water partition coefficient (Wildman–Crippen LogP) is 0.476. The Hall–Kier alpha value is -0.160. The first-order valence-electron chi connectivity index (χ1n) is 6.49. The molecule has 94 valence electrons. The molecule has 1 atom stereocenters. The van der Waals surface area contributed by atoms with Crippen molar-refractivity contribution in [3.63, 3.8) is 0 Å². The maximum atomic E-state index is 5.37. The van der Waals surface area contributed by atoms with E-state index in [1.54, 1.807) is 0 Å². The summed E-state index contributed by atoms with van der Waals surface area (Å²) in [6, 6.07) is 1.28. The average molecular weight is 228 g/mol. The monoisotopic (exact) mass is 228 g/mol. The largest absolute Gasteiger partial charge is 0.381 e. The maximum Gasteiger partial charge on any atom is 0.0594 e. The fourth-order valence-corrected chi connectivity index (χ4v) is 2.39. The van der Waals surface area contributed by atoms with Crippen molar-refractivity contribution < 1.29 is 9.47 Å². The van der Waals surface area contributed by atoms with Crippen LogP contribution in [0.4, 0.5) is 0 Å². The lowest BCUT2D eigenvalue weighted by Gasteiger charge is -2.34. The summed E-state index contributed by atoms with van der Waals surface area (Å²) in [6.07, 6.45) is 2.33. The Morgan fingerprint density at radius 1 is 1.12 bits per heavy atom. The molecule has 4 heteroatoms. The van der Waals surface area contributed by atoms with Crippen molar-refractivity contribution in [1.29, 1.82) is 0 Å². The molecule has 1 unspecified atom stereocenters. The van der Waals surface area contributed by atoms with Gasteiger partial charge in [-0.15, -0.1) is 0 Å². The summed E-state index contributed by atoms with van der Waals surface area (Å²) in [7, 11) is 0. The smallest absolute Gasteiger partial charge is 0.0594 e. The number of morpholine rings is 1. The molecule has 0 aromatic carbocycles. The predicted molar refractivity (Wildman–Crippen MR) is 63.7 cm³/mol. The summed E-state index contributed by atoms with van der Waals surface area (Å²) in [4.78, 5) is 2.51. The first-order valence-corrected chi connectivity index (χ1v) is 6.49. The van der Waals surface area contributed by atoms with Crippen LogP contribution >= 0.6 is 0 Å². The van der Waals surface area contributed by atoms with Crippen molar-refractivity contribution in [2.24, 2.45) is 0 Å². The van der Waals surface area contributed by atoms with Gasteiger partial charge in [0.1, 0.15) is 0 Å². The van der Waals surface area contributed by atoms with Crippen LogP contribution in [0.3, 0.4) is 0 Å². The molecule has 2 fully saturated rings. The third-order valence-electron chi connectivity index (χ3n) is 3.59. The van der Waals surface area contributed by atoms with Gasteiger partial charge in [-0.3, -0.25) is 4.90 Å². The zero-order chi connectivity index (χ0) is 11.2. The second kappa shape index (κ2) is 6.55. The third kappa shape index (κ3) is 3.70. The average Bonchev–Trinajstić information content (AvgIpc) is 2.38. The van der Waals surface area contributed by atoms with Crippen molar-refractivity contribution in [3.05, 3.63) is 0 Å². The zero-order valence-corrected chi connectivity index (χ0v) is 10.3. The highest BCUT2D eigenvalue weighted by molar-refractivity contribution is 4.76. The molecule has 2 rings (SSSR count). The summed E-state index contributed by atoms with van der Waals surface area (Å²) in [5, 5.41) is 3.66. The summed E-state index contributed by atoms with van der Waals surface area (Å²) in [5.41, 5.74) is 0. The van der Waals surface area contributed by atoms with Crippen LogP contribution in [0.15, 0.2) is 0 Å². The first kappa shape index (κ1) is 12.3. The Kier molecular flexibility index (Phi) is 5.03. The Labute approximate surface area is 98.3 Å². The van der Waals surface area contributed by atoms with Crippen LogP contribution in [0.25, 0.3) is 0 Å². The Morgan fingerprint density at radius 3 is 2.44 bits per heavy atom. The number of hydrogen-bond donors (Lipinski definition) is 1. The topological polar surface area (TPSA) is 33.7 Å². The van der Waals surface area contributed by atoms with E-state index in [0.29, 0.717) is 12.1 Å². The van der Waals surface area contributed by atoms with E-state index in [1.165, 1.54) is 0 Å². The van der Waals surface area contributed by atoms with Gasteiger partial charge >= 0.3 is 0 Å². The number of nitrogens with one attached hydrogen (secondary N) is 1. The molecule has 0 aliphatic carbocycles. The summed E-state index contributed by atoms with van der Waals surface area (Å²) in [5.74, 6) is 0. The highest BCUT2D eigenvalue weighted by Gasteiger charge is 2.19. The van der Waals surface area contributed by atoms with Gasteiger partial charge in [0.15, 0.2) is 0 Å². The molecule has 4 nitrogen and oxygen atoms in total. The van der Waals surface area contributed by atoms with Crippen LogP contribution in [-0.2, 0) is 9.47 Å². The molecule has 0 aromatic heterocycles. The summed E-state index contributed by atoms with van der Waals surface area (Å²) >= 11 is 0. The minimum absolute atomic E-state index is 0.617. The van der Waals surface area contributed by atoms with Gasteiger partial charge in [-0.1, -0.05) is 0 Å². The van der Waals surface area contributed by atoms with Crippen molar-refractivity contribution >= 4 is 0 Å². The second-order valence-corrected chi connectivity index (χ2v) is 4.79. The second-order valence-electron chi connectivity index (χ2n) is 4.79. The van der Waals surface area contributed by atoms with Crippen LogP contribution in [-0.4, -0.2) is 63.0 Å². The van der Waals surface area contributed by atoms with Crippen molar-refractivity contribution in [1.82, 2.24) is 10.2 Å². The molecule has 1 N–H and O–H groups in total. The number of hydrogen-bond acceptors (Lipinski definition) is 4. The third-order valence-corrected chi connectivity index (χ3v) is 3.59. The lowest BCUT2D eigenvalue weighted by molar-refractivity contribution is 0.0182. The molecule has 0 radical (unpaired) electrons. The van der Waals surface area contributed by atoms with Crippen LogP contribution in [0.5, 0.6) is 0 Å². The van der Waals surface area contributed by atoms with Gasteiger partial charge in [-0.05, 0) is 19.8 Å². The van der Waals surface area contributed by atoms with Crippen LogP contribution < -0.4 is 5.32 Å². The van der Waals surface area contributed by atoms with Gasteiger partial charge in [-0.25, -0.2) is 0 Å². The van der Waals surface area contributed by atoms with E-state index in [-0.39, 0.29) is 0 Å². The Bertz CT molecular complexity index is 189. The van der Waals surface area contributed by atoms with Gasteiger partial charge in [0.2, 0.25) is 0 Å².